The van der Waals surface area contributed by atoms with Gasteiger partial charge in [0.25, 0.3) is 0 Å². The molecule has 0 saturated heterocycles. The van der Waals surface area contributed by atoms with Gasteiger partial charge in [-0.25, -0.2) is 0 Å². The van der Waals surface area contributed by atoms with Gasteiger partial charge in [0.1, 0.15) is 11.5 Å². The van der Waals surface area contributed by atoms with Crippen molar-refractivity contribution in [3.63, 3.8) is 0 Å². The summed E-state index contributed by atoms with van der Waals surface area (Å²) < 4.78 is 11.1. The van der Waals surface area contributed by atoms with Crippen LogP contribution < -0.4 is 9.47 Å². The van der Waals surface area contributed by atoms with Gasteiger partial charge in [0.15, 0.2) is 5.76 Å². The number of benzene rings is 2. The van der Waals surface area contributed by atoms with E-state index in [1.54, 1.807) is 45.0 Å². The summed E-state index contributed by atoms with van der Waals surface area (Å²) in [6, 6.07) is 12.9. The van der Waals surface area contributed by atoms with Crippen LogP contribution in [-0.2, 0) is 4.79 Å². The van der Waals surface area contributed by atoms with Gasteiger partial charge in [-0.1, -0.05) is 38.1 Å². The maximum absolute atomic E-state index is 12.6. The Hall–Kier alpha value is -2.88. The van der Waals surface area contributed by atoms with Crippen LogP contribution in [0.3, 0.4) is 0 Å². The van der Waals surface area contributed by atoms with Gasteiger partial charge in [-0.3, -0.25) is 9.59 Å². The highest BCUT2D eigenvalue weighted by molar-refractivity contribution is 6.14. The van der Waals surface area contributed by atoms with Crippen molar-refractivity contribution in [3.05, 3.63) is 64.9 Å². The van der Waals surface area contributed by atoms with E-state index in [0.29, 0.717) is 23.0 Å². The van der Waals surface area contributed by atoms with E-state index in [0.717, 1.165) is 5.56 Å². The van der Waals surface area contributed by atoms with Crippen LogP contribution in [0.4, 0.5) is 0 Å². The minimum atomic E-state index is -0.608. The van der Waals surface area contributed by atoms with Crippen molar-refractivity contribution in [3.8, 4) is 11.5 Å². The first-order valence-electron chi connectivity index (χ1n) is 9.05. The van der Waals surface area contributed by atoms with Crippen molar-refractivity contribution in [2.75, 3.05) is 0 Å². The Balaban J connectivity index is 1.81. The van der Waals surface area contributed by atoms with E-state index in [9.17, 15) is 9.59 Å². The number of rotatable bonds is 3. The fourth-order valence-corrected chi connectivity index (χ4v) is 2.62. The number of hydrogen-bond donors (Lipinski definition) is 0. The Morgan fingerprint density at radius 2 is 1.74 bits per heavy atom. The summed E-state index contributed by atoms with van der Waals surface area (Å²) in [6.07, 6.45) is 1.73. The Bertz CT molecular complexity index is 912. The molecule has 0 aromatic heterocycles. The van der Waals surface area contributed by atoms with E-state index >= 15 is 0 Å². The Morgan fingerprint density at radius 3 is 2.33 bits per heavy atom. The third-order valence-electron chi connectivity index (χ3n) is 4.37. The molecular weight excluding hydrogens is 340 g/mol. The summed E-state index contributed by atoms with van der Waals surface area (Å²) in [7, 11) is 0. The molecule has 3 rings (SSSR count). The van der Waals surface area contributed by atoms with Crippen LogP contribution in [0.2, 0.25) is 0 Å². The van der Waals surface area contributed by atoms with Crippen LogP contribution in [0.25, 0.3) is 6.08 Å². The molecule has 0 spiro atoms. The molecule has 0 saturated carbocycles. The molecule has 27 heavy (non-hydrogen) atoms. The summed E-state index contributed by atoms with van der Waals surface area (Å²) in [4.78, 5) is 24.6. The minimum absolute atomic E-state index is 0.174. The monoisotopic (exact) mass is 364 g/mol. The largest absolute Gasteiger partial charge is 0.452 e. The number of hydrogen-bond acceptors (Lipinski definition) is 4. The summed E-state index contributed by atoms with van der Waals surface area (Å²) in [5.74, 6) is 0.976. The number of Topliss-reactive ketones (excluding diaryl/α,β-unsaturated/α-hetero) is 1. The molecule has 4 heteroatoms. The smallest absolute Gasteiger partial charge is 0.316 e. The van der Waals surface area contributed by atoms with E-state index in [1.165, 1.54) is 5.56 Å². The number of fused-ring (bicyclic) bond motifs is 1. The fraction of sp³-hybridized carbons (Fsp3) is 0.304. The first-order chi connectivity index (χ1) is 12.6. The predicted molar refractivity (Wildman–Crippen MR) is 105 cm³/mol. The number of carbonyl (C=O) groups is 2. The second-order valence-corrected chi connectivity index (χ2v) is 8.06. The number of ketones is 1. The lowest BCUT2D eigenvalue weighted by Crippen LogP contribution is -2.25. The van der Waals surface area contributed by atoms with Gasteiger partial charge in [-0.05, 0) is 56.0 Å². The number of allylic oxidation sites excluding steroid dienone is 1. The molecule has 0 atom stereocenters. The zero-order chi connectivity index (χ0) is 19.8. The molecule has 2 aromatic rings. The lowest BCUT2D eigenvalue weighted by molar-refractivity contribution is -0.143. The second-order valence-electron chi connectivity index (χ2n) is 8.06. The minimum Gasteiger partial charge on any atom is -0.452 e. The molecule has 2 aromatic carbocycles. The lowest BCUT2D eigenvalue weighted by atomic mass is 9.97. The van der Waals surface area contributed by atoms with Crippen molar-refractivity contribution >= 4 is 17.8 Å². The Labute approximate surface area is 159 Å². The third kappa shape index (κ3) is 4.11. The second kappa shape index (κ2) is 7.03. The zero-order valence-corrected chi connectivity index (χ0v) is 16.3. The van der Waals surface area contributed by atoms with Crippen molar-refractivity contribution in [1.82, 2.24) is 0 Å². The van der Waals surface area contributed by atoms with E-state index in [-0.39, 0.29) is 17.5 Å². The molecule has 0 unspecified atom stereocenters. The standard InChI is InChI=1S/C23H24O4/c1-14(2)16-8-6-15(7-9-16)12-20-21(24)18-11-10-17(13-19(18)27-20)26-22(25)23(3,4)5/h6-14H,1-5H3. The lowest BCUT2D eigenvalue weighted by Gasteiger charge is -2.16. The molecular formula is C23H24O4. The zero-order valence-electron chi connectivity index (χ0n) is 16.3. The molecule has 1 aliphatic heterocycles. The summed E-state index contributed by atoms with van der Waals surface area (Å²) in [5, 5.41) is 0. The molecule has 140 valence electrons. The molecule has 0 fully saturated rings. The maximum atomic E-state index is 12.6. The van der Waals surface area contributed by atoms with E-state index in [1.807, 2.05) is 24.3 Å². The maximum Gasteiger partial charge on any atom is 0.316 e. The van der Waals surface area contributed by atoms with Crippen LogP contribution in [-0.4, -0.2) is 11.8 Å². The molecule has 0 radical (unpaired) electrons. The highest BCUT2D eigenvalue weighted by atomic mass is 16.5. The number of ether oxygens (including phenoxy) is 2. The van der Waals surface area contributed by atoms with Crippen molar-refractivity contribution in [1.29, 1.82) is 0 Å². The molecule has 1 heterocycles. The highest BCUT2D eigenvalue weighted by Crippen LogP contribution is 2.35. The number of esters is 1. The normalized spacial score (nSPS) is 15.0. The molecule has 0 N–H and O–H groups in total. The van der Waals surface area contributed by atoms with Crippen molar-refractivity contribution in [2.45, 2.75) is 40.5 Å². The van der Waals surface area contributed by atoms with Crippen LogP contribution in [0, 0.1) is 5.41 Å². The van der Waals surface area contributed by atoms with Gasteiger partial charge < -0.3 is 9.47 Å². The summed E-state index contributed by atoms with van der Waals surface area (Å²) in [6.45, 7) is 9.63. The van der Waals surface area contributed by atoms with E-state index in [2.05, 4.69) is 13.8 Å². The van der Waals surface area contributed by atoms with Gasteiger partial charge in [0.05, 0.1) is 11.0 Å². The summed E-state index contributed by atoms with van der Waals surface area (Å²) in [5.41, 5.74) is 2.00. The average Bonchev–Trinajstić information content (AvgIpc) is 2.90. The first kappa shape index (κ1) is 18.9. The van der Waals surface area contributed by atoms with Crippen LogP contribution in [0.15, 0.2) is 48.2 Å². The van der Waals surface area contributed by atoms with Crippen LogP contribution in [0.5, 0.6) is 11.5 Å². The van der Waals surface area contributed by atoms with E-state index < -0.39 is 5.41 Å². The van der Waals surface area contributed by atoms with Crippen LogP contribution in [0.1, 0.15) is 62.0 Å². The quantitative estimate of drug-likeness (QED) is 0.417. The third-order valence-corrected chi connectivity index (χ3v) is 4.37. The van der Waals surface area contributed by atoms with Gasteiger partial charge in [-0.15, -0.1) is 0 Å². The Morgan fingerprint density at radius 1 is 1.07 bits per heavy atom. The molecule has 1 aliphatic rings. The topological polar surface area (TPSA) is 52.6 Å². The molecule has 4 nitrogen and oxygen atoms in total. The first-order valence-corrected chi connectivity index (χ1v) is 9.05. The predicted octanol–water partition coefficient (Wildman–Crippen LogP) is 5.38. The van der Waals surface area contributed by atoms with Gasteiger partial charge in [-0.2, -0.15) is 0 Å². The Kier molecular flexibility index (Phi) is 4.92. The van der Waals surface area contributed by atoms with Gasteiger partial charge in [0.2, 0.25) is 5.78 Å². The van der Waals surface area contributed by atoms with Crippen molar-refractivity contribution in [2.24, 2.45) is 5.41 Å². The molecule has 0 aliphatic carbocycles. The van der Waals surface area contributed by atoms with Crippen molar-refractivity contribution < 1.29 is 19.1 Å². The van der Waals surface area contributed by atoms with E-state index in [4.69, 9.17) is 9.47 Å². The van der Waals surface area contributed by atoms with Gasteiger partial charge >= 0.3 is 5.97 Å². The SMILES string of the molecule is CC(C)c1ccc(C=C2Oc3cc(OC(=O)C(C)(C)C)ccc3C2=O)cc1. The van der Waals surface area contributed by atoms with Crippen LogP contribution >= 0.6 is 0 Å². The fourth-order valence-electron chi connectivity index (χ4n) is 2.62. The highest BCUT2D eigenvalue weighted by Gasteiger charge is 2.29. The average molecular weight is 364 g/mol. The van der Waals surface area contributed by atoms with Gasteiger partial charge in [0, 0.05) is 6.07 Å². The number of carbonyl (C=O) groups excluding carboxylic acids is 2. The summed E-state index contributed by atoms with van der Waals surface area (Å²) >= 11 is 0. The molecule has 0 bridgehead atoms. The molecule has 0 amide bonds.